The fourth-order valence-corrected chi connectivity index (χ4v) is 4.08. The van der Waals surface area contributed by atoms with Gasteiger partial charge in [0.1, 0.15) is 5.82 Å². The molecule has 1 aliphatic rings. The van der Waals surface area contributed by atoms with Gasteiger partial charge in [-0.3, -0.25) is 9.69 Å². The molecule has 1 aromatic heterocycles. The van der Waals surface area contributed by atoms with Gasteiger partial charge in [-0.05, 0) is 32.0 Å². The number of amides is 1. The Balaban J connectivity index is 1.58. The number of rotatable bonds is 4. The zero-order chi connectivity index (χ0) is 18.0. The van der Waals surface area contributed by atoms with Crippen molar-refractivity contribution in [2.75, 3.05) is 26.2 Å². The minimum Gasteiger partial charge on any atom is -0.339 e. The van der Waals surface area contributed by atoms with E-state index in [0.717, 1.165) is 24.5 Å². The monoisotopic (exact) mass is 361 g/mol. The van der Waals surface area contributed by atoms with E-state index in [4.69, 9.17) is 5.73 Å². The molecule has 0 aliphatic carbocycles. The maximum atomic E-state index is 13.9. The summed E-state index contributed by atoms with van der Waals surface area (Å²) in [7, 11) is 0. The van der Waals surface area contributed by atoms with Crippen LogP contribution in [0.15, 0.2) is 36.4 Å². The molecule has 0 unspecified atom stereocenters. The molecule has 1 aromatic carbocycles. The summed E-state index contributed by atoms with van der Waals surface area (Å²) in [6, 6.07) is 10.9. The zero-order valence-electron chi connectivity index (χ0n) is 14.7. The third kappa shape index (κ3) is 4.26. The highest BCUT2D eigenvalue weighted by Gasteiger charge is 2.30. The third-order valence-corrected chi connectivity index (χ3v) is 5.49. The molecule has 4 nitrogen and oxygen atoms in total. The average Bonchev–Trinajstić information content (AvgIpc) is 3.03. The van der Waals surface area contributed by atoms with Crippen molar-refractivity contribution in [3.05, 3.63) is 47.1 Å². The van der Waals surface area contributed by atoms with E-state index in [9.17, 15) is 9.18 Å². The van der Waals surface area contributed by atoms with E-state index >= 15 is 0 Å². The lowest BCUT2D eigenvalue weighted by molar-refractivity contribution is -0.137. The summed E-state index contributed by atoms with van der Waals surface area (Å²) in [5, 5.41) is 0. The van der Waals surface area contributed by atoms with Gasteiger partial charge in [0.15, 0.2) is 0 Å². The van der Waals surface area contributed by atoms with E-state index in [1.807, 2.05) is 23.1 Å². The first-order valence-corrected chi connectivity index (χ1v) is 9.30. The Kier molecular flexibility index (Phi) is 5.22. The summed E-state index contributed by atoms with van der Waals surface area (Å²) in [5.74, 6) is -0.183. The highest BCUT2D eigenvalue weighted by atomic mass is 32.1. The Morgan fingerprint density at radius 2 is 1.84 bits per heavy atom. The molecule has 6 heteroatoms. The Morgan fingerprint density at radius 1 is 1.16 bits per heavy atom. The van der Waals surface area contributed by atoms with E-state index in [1.165, 1.54) is 10.9 Å². The SMILES string of the molecule is CC(C)(N)C(=O)N1CCN(Cc2ccc(-c3ccccc3F)s2)CC1. The van der Waals surface area contributed by atoms with Crippen molar-refractivity contribution in [3.63, 3.8) is 0 Å². The van der Waals surface area contributed by atoms with Crippen LogP contribution < -0.4 is 5.73 Å². The molecule has 0 bridgehead atoms. The van der Waals surface area contributed by atoms with Crippen LogP contribution in [0.3, 0.4) is 0 Å². The van der Waals surface area contributed by atoms with Crippen LogP contribution in [-0.2, 0) is 11.3 Å². The minimum atomic E-state index is -0.815. The van der Waals surface area contributed by atoms with E-state index in [1.54, 1.807) is 31.3 Å². The van der Waals surface area contributed by atoms with Gasteiger partial charge in [0, 0.05) is 48.0 Å². The second kappa shape index (κ2) is 7.23. The van der Waals surface area contributed by atoms with Gasteiger partial charge in [0.05, 0.1) is 5.54 Å². The molecule has 25 heavy (non-hydrogen) atoms. The highest BCUT2D eigenvalue weighted by molar-refractivity contribution is 7.15. The molecule has 0 radical (unpaired) electrons. The van der Waals surface area contributed by atoms with Crippen molar-refractivity contribution >= 4 is 17.2 Å². The average molecular weight is 361 g/mol. The van der Waals surface area contributed by atoms with Crippen LogP contribution in [0.2, 0.25) is 0 Å². The lowest BCUT2D eigenvalue weighted by Crippen LogP contribution is -2.56. The maximum Gasteiger partial charge on any atom is 0.242 e. The van der Waals surface area contributed by atoms with Crippen LogP contribution >= 0.6 is 11.3 Å². The van der Waals surface area contributed by atoms with E-state index < -0.39 is 5.54 Å². The van der Waals surface area contributed by atoms with Gasteiger partial charge in [-0.25, -0.2) is 4.39 Å². The van der Waals surface area contributed by atoms with Crippen molar-refractivity contribution in [2.45, 2.75) is 25.9 Å². The van der Waals surface area contributed by atoms with Crippen LogP contribution in [-0.4, -0.2) is 47.4 Å². The second-order valence-corrected chi connectivity index (χ2v) is 8.20. The van der Waals surface area contributed by atoms with Gasteiger partial charge in [-0.15, -0.1) is 11.3 Å². The molecule has 1 aliphatic heterocycles. The summed E-state index contributed by atoms with van der Waals surface area (Å²) in [4.78, 5) is 18.5. The third-order valence-electron chi connectivity index (χ3n) is 4.39. The lowest BCUT2D eigenvalue weighted by Gasteiger charge is -2.37. The first-order valence-electron chi connectivity index (χ1n) is 8.49. The normalized spacial score (nSPS) is 16.2. The Labute approximate surface area is 152 Å². The smallest absolute Gasteiger partial charge is 0.242 e. The molecule has 2 heterocycles. The number of halogens is 1. The Hall–Kier alpha value is -1.76. The predicted octanol–water partition coefficient (Wildman–Crippen LogP) is 2.94. The fraction of sp³-hybridized carbons (Fsp3) is 0.421. The van der Waals surface area contributed by atoms with Crippen LogP contribution in [0.4, 0.5) is 4.39 Å². The quantitative estimate of drug-likeness (QED) is 0.911. The molecule has 134 valence electrons. The molecule has 2 aromatic rings. The molecule has 0 atom stereocenters. The molecule has 2 N–H and O–H groups in total. The van der Waals surface area contributed by atoms with E-state index in [2.05, 4.69) is 11.0 Å². The van der Waals surface area contributed by atoms with Crippen molar-refractivity contribution in [1.29, 1.82) is 0 Å². The first kappa shape index (κ1) is 18.0. The topological polar surface area (TPSA) is 49.6 Å². The largest absolute Gasteiger partial charge is 0.339 e. The molecular weight excluding hydrogens is 337 g/mol. The number of thiophene rings is 1. The van der Waals surface area contributed by atoms with Crippen LogP contribution in [0.25, 0.3) is 10.4 Å². The van der Waals surface area contributed by atoms with Crippen molar-refractivity contribution in [1.82, 2.24) is 9.80 Å². The van der Waals surface area contributed by atoms with Crippen molar-refractivity contribution in [2.24, 2.45) is 5.73 Å². The number of nitrogens with two attached hydrogens (primary N) is 1. The van der Waals surface area contributed by atoms with Crippen LogP contribution in [0, 0.1) is 5.82 Å². The number of piperazine rings is 1. The molecule has 3 rings (SSSR count). The van der Waals surface area contributed by atoms with Gasteiger partial charge in [-0.1, -0.05) is 18.2 Å². The predicted molar refractivity (Wildman–Crippen MR) is 99.8 cm³/mol. The van der Waals surface area contributed by atoms with Crippen LogP contribution in [0.1, 0.15) is 18.7 Å². The van der Waals surface area contributed by atoms with Gasteiger partial charge in [0.25, 0.3) is 0 Å². The molecule has 1 saturated heterocycles. The fourth-order valence-electron chi connectivity index (χ4n) is 3.01. The summed E-state index contributed by atoms with van der Waals surface area (Å²) in [5.41, 5.74) is 5.74. The number of hydrogen-bond donors (Lipinski definition) is 1. The summed E-state index contributed by atoms with van der Waals surface area (Å²) < 4.78 is 13.9. The van der Waals surface area contributed by atoms with Crippen molar-refractivity contribution in [3.8, 4) is 10.4 Å². The molecule has 0 saturated carbocycles. The molecule has 1 amide bonds. The molecule has 1 fully saturated rings. The van der Waals surface area contributed by atoms with Gasteiger partial charge in [-0.2, -0.15) is 0 Å². The Morgan fingerprint density at radius 3 is 2.48 bits per heavy atom. The number of carbonyl (C=O) groups excluding carboxylic acids is 1. The maximum absolute atomic E-state index is 13.9. The zero-order valence-corrected chi connectivity index (χ0v) is 15.5. The van der Waals surface area contributed by atoms with Crippen molar-refractivity contribution < 1.29 is 9.18 Å². The molecular formula is C19H24FN3OS. The lowest BCUT2D eigenvalue weighted by atomic mass is 10.0. The highest BCUT2D eigenvalue weighted by Crippen LogP contribution is 2.30. The van der Waals surface area contributed by atoms with E-state index in [-0.39, 0.29) is 11.7 Å². The number of carbonyl (C=O) groups is 1. The molecule has 0 spiro atoms. The second-order valence-electron chi connectivity index (χ2n) is 7.04. The number of benzene rings is 1. The van der Waals surface area contributed by atoms with Gasteiger partial charge >= 0.3 is 0 Å². The summed E-state index contributed by atoms with van der Waals surface area (Å²) >= 11 is 1.62. The van der Waals surface area contributed by atoms with Gasteiger partial charge in [0.2, 0.25) is 5.91 Å². The van der Waals surface area contributed by atoms with Crippen LogP contribution in [0.5, 0.6) is 0 Å². The standard InChI is InChI=1S/C19H24FN3OS/c1-19(2,21)18(24)23-11-9-22(10-12-23)13-14-7-8-17(25-14)15-5-3-4-6-16(15)20/h3-8H,9-13,21H2,1-2H3. The minimum absolute atomic E-state index is 0.00473. The summed E-state index contributed by atoms with van der Waals surface area (Å²) in [6.07, 6.45) is 0. The number of hydrogen-bond acceptors (Lipinski definition) is 4. The van der Waals surface area contributed by atoms with Gasteiger partial charge < -0.3 is 10.6 Å². The van der Waals surface area contributed by atoms with E-state index in [0.29, 0.717) is 18.7 Å². The summed E-state index contributed by atoms with van der Waals surface area (Å²) in [6.45, 7) is 7.38. The Bertz CT molecular complexity index is 745. The number of nitrogens with zero attached hydrogens (tertiary/aromatic N) is 2. The first-order chi connectivity index (χ1) is 11.8.